The zero-order valence-corrected chi connectivity index (χ0v) is 17.5. The van der Waals surface area contributed by atoms with Crippen LogP contribution >= 0.6 is 11.6 Å². The van der Waals surface area contributed by atoms with Crippen LogP contribution in [0.2, 0.25) is 5.02 Å². The highest BCUT2D eigenvalue weighted by atomic mass is 35.5. The molecule has 0 N–H and O–H groups in total. The normalized spacial score (nSPS) is 12.4. The van der Waals surface area contributed by atoms with Crippen molar-refractivity contribution >= 4 is 27.3 Å². The third kappa shape index (κ3) is 4.01. The van der Waals surface area contributed by atoms with Crippen LogP contribution in [0.4, 0.5) is 5.69 Å². The zero-order chi connectivity index (χ0) is 20.3. The average Bonchev–Trinajstić information content (AvgIpc) is 2.68. The Morgan fingerprint density at radius 3 is 2.29 bits per heavy atom. The van der Waals surface area contributed by atoms with Crippen LogP contribution < -0.4 is 9.04 Å². The first-order chi connectivity index (χ1) is 13.3. The molecule has 0 unspecified atom stereocenters. The smallest absolute Gasteiger partial charge is 0.264 e. The molecule has 3 aromatic rings. The SMILES string of the molecule is COc1cccc(N([C@@H](C)c2ccccc2C)S(=O)(=O)c2ccc(Cl)cc2)c1. The van der Waals surface area contributed by atoms with E-state index in [4.69, 9.17) is 16.3 Å². The lowest BCUT2D eigenvalue weighted by Gasteiger charge is -2.32. The molecule has 0 bridgehead atoms. The summed E-state index contributed by atoms with van der Waals surface area (Å²) in [7, 11) is -2.28. The predicted octanol–water partition coefficient (Wildman–Crippen LogP) is 5.61. The number of benzene rings is 3. The third-order valence-electron chi connectivity index (χ3n) is 4.67. The van der Waals surface area contributed by atoms with E-state index in [1.54, 1.807) is 43.5 Å². The van der Waals surface area contributed by atoms with Gasteiger partial charge in [-0.2, -0.15) is 0 Å². The van der Waals surface area contributed by atoms with E-state index < -0.39 is 16.1 Å². The largest absolute Gasteiger partial charge is 0.497 e. The molecule has 1 atom stereocenters. The van der Waals surface area contributed by atoms with E-state index in [1.165, 1.54) is 16.4 Å². The van der Waals surface area contributed by atoms with E-state index in [9.17, 15) is 8.42 Å². The van der Waals surface area contributed by atoms with Gasteiger partial charge in [0.25, 0.3) is 10.0 Å². The number of halogens is 1. The number of aryl methyl sites for hydroxylation is 1. The van der Waals surface area contributed by atoms with Crippen LogP contribution in [0.3, 0.4) is 0 Å². The van der Waals surface area contributed by atoms with Crippen LogP contribution in [0.15, 0.2) is 77.7 Å². The molecule has 0 saturated carbocycles. The molecule has 0 saturated heterocycles. The Kier molecular flexibility index (Phi) is 5.96. The molecule has 0 aliphatic heterocycles. The summed E-state index contributed by atoms with van der Waals surface area (Å²) in [5.41, 5.74) is 2.49. The summed E-state index contributed by atoms with van der Waals surface area (Å²) in [6, 6.07) is 20.6. The van der Waals surface area contributed by atoms with Crippen molar-refractivity contribution in [3.05, 3.63) is 88.9 Å². The third-order valence-corrected chi connectivity index (χ3v) is 6.83. The van der Waals surface area contributed by atoms with Gasteiger partial charge in [0.05, 0.1) is 23.7 Å². The van der Waals surface area contributed by atoms with Crippen LogP contribution in [0.25, 0.3) is 0 Å². The second kappa shape index (κ2) is 8.25. The van der Waals surface area contributed by atoms with E-state index in [0.717, 1.165) is 11.1 Å². The van der Waals surface area contributed by atoms with Gasteiger partial charge in [0.1, 0.15) is 5.75 Å². The van der Waals surface area contributed by atoms with Gasteiger partial charge < -0.3 is 4.74 Å². The lowest BCUT2D eigenvalue weighted by molar-refractivity contribution is 0.415. The van der Waals surface area contributed by atoms with Gasteiger partial charge in [0, 0.05) is 11.1 Å². The van der Waals surface area contributed by atoms with Gasteiger partial charge in [-0.3, -0.25) is 4.31 Å². The molecular weight excluding hydrogens is 394 g/mol. The molecule has 0 fully saturated rings. The second-order valence-corrected chi connectivity index (χ2v) is 8.74. The van der Waals surface area contributed by atoms with Crippen molar-refractivity contribution in [3.8, 4) is 5.75 Å². The van der Waals surface area contributed by atoms with Crippen molar-refractivity contribution in [2.45, 2.75) is 24.8 Å². The fourth-order valence-corrected chi connectivity index (χ4v) is 4.97. The molecule has 0 heterocycles. The van der Waals surface area contributed by atoms with Gasteiger partial charge in [-0.25, -0.2) is 8.42 Å². The van der Waals surface area contributed by atoms with Gasteiger partial charge in [-0.05, 0) is 61.4 Å². The summed E-state index contributed by atoms with van der Waals surface area (Å²) in [5, 5.41) is 0.485. The molecule has 4 nitrogen and oxygen atoms in total. The first kappa shape index (κ1) is 20.2. The molecule has 0 aliphatic carbocycles. The molecule has 0 aromatic heterocycles. The summed E-state index contributed by atoms with van der Waals surface area (Å²) in [6.07, 6.45) is 0. The zero-order valence-electron chi connectivity index (χ0n) is 16.0. The monoisotopic (exact) mass is 415 g/mol. The van der Waals surface area contributed by atoms with Crippen molar-refractivity contribution in [1.82, 2.24) is 0 Å². The summed E-state index contributed by atoms with van der Waals surface area (Å²) >= 11 is 5.95. The molecule has 0 spiro atoms. The van der Waals surface area contributed by atoms with E-state index in [1.807, 2.05) is 38.1 Å². The van der Waals surface area contributed by atoms with Crippen molar-refractivity contribution in [3.63, 3.8) is 0 Å². The number of hydrogen-bond acceptors (Lipinski definition) is 3. The minimum atomic E-state index is -3.84. The number of sulfonamides is 1. The van der Waals surface area contributed by atoms with Crippen molar-refractivity contribution in [1.29, 1.82) is 0 Å². The Morgan fingerprint density at radius 1 is 0.964 bits per heavy atom. The van der Waals surface area contributed by atoms with Crippen molar-refractivity contribution in [2.75, 3.05) is 11.4 Å². The molecule has 6 heteroatoms. The fourth-order valence-electron chi connectivity index (χ4n) is 3.22. The van der Waals surface area contributed by atoms with Gasteiger partial charge in [0.2, 0.25) is 0 Å². The topological polar surface area (TPSA) is 46.6 Å². The van der Waals surface area contributed by atoms with Gasteiger partial charge in [-0.15, -0.1) is 0 Å². The molecule has 0 aliphatic rings. The maximum Gasteiger partial charge on any atom is 0.264 e. The lowest BCUT2D eigenvalue weighted by atomic mass is 10.0. The highest BCUT2D eigenvalue weighted by molar-refractivity contribution is 7.92. The summed E-state index contributed by atoms with van der Waals surface area (Å²) < 4.78 is 34.0. The Bertz CT molecular complexity index is 1070. The summed E-state index contributed by atoms with van der Waals surface area (Å²) in [5.74, 6) is 0.589. The first-order valence-electron chi connectivity index (χ1n) is 8.84. The standard InChI is InChI=1S/C22H22ClNO3S/c1-16-7-4-5-10-22(16)17(2)24(19-8-6-9-20(15-19)27-3)28(25,26)21-13-11-18(23)12-14-21/h4-15,17H,1-3H3/t17-/m0/s1. The molecule has 28 heavy (non-hydrogen) atoms. The minimum Gasteiger partial charge on any atom is -0.497 e. The molecule has 3 aromatic carbocycles. The van der Waals surface area contributed by atoms with Crippen LogP contribution in [-0.2, 0) is 10.0 Å². The quantitative estimate of drug-likeness (QED) is 0.525. The fraction of sp³-hybridized carbons (Fsp3) is 0.182. The molecule has 3 rings (SSSR count). The summed E-state index contributed by atoms with van der Waals surface area (Å²) in [4.78, 5) is 0.181. The maximum atomic E-state index is 13.6. The van der Waals surface area contributed by atoms with Gasteiger partial charge in [-0.1, -0.05) is 41.9 Å². The van der Waals surface area contributed by atoms with E-state index in [0.29, 0.717) is 16.5 Å². The number of ether oxygens (including phenoxy) is 1. The van der Waals surface area contributed by atoms with Crippen LogP contribution in [0.1, 0.15) is 24.1 Å². The molecule has 146 valence electrons. The van der Waals surface area contributed by atoms with Crippen LogP contribution in [0, 0.1) is 6.92 Å². The van der Waals surface area contributed by atoms with Gasteiger partial charge >= 0.3 is 0 Å². The van der Waals surface area contributed by atoms with Crippen molar-refractivity contribution < 1.29 is 13.2 Å². The first-order valence-corrected chi connectivity index (χ1v) is 10.7. The van der Waals surface area contributed by atoms with Crippen LogP contribution in [0.5, 0.6) is 5.75 Å². The highest BCUT2D eigenvalue weighted by Gasteiger charge is 2.31. The maximum absolute atomic E-state index is 13.6. The Labute approximate surface area is 171 Å². The number of nitrogens with zero attached hydrogens (tertiary/aromatic N) is 1. The lowest BCUT2D eigenvalue weighted by Crippen LogP contribution is -2.34. The average molecular weight is 416 g/mol. The number of methoxy groups -OCH3 is 1. The molecular formula is C22H22ClNO3S. The summed E-state index contributed by atoms with van der Waals surface area (Å²) in [6.45, 7) is 3.86. The number of rotatable bonds is 6. The second-order valence-electron chi connectivity index (χ2n) is 6.49. The number of hydrogen-bond donors (Lipinski definition) is 0. The molecule has 0 amide bonds. The predicted molar refractivity (Wildman–Crippen MR) is 114 cm³/mol. The molecule has 0 radical (unpaired) electrons. The highest BCUT2D eigenvalue weighted by Crippen LogP contribution is 2.36. The van der Waals surface area contributed by atoms with Crippen molar-refractivity contribution in [2.24, 2.45) is 0 Å². The Balaban J connectivity index is 2.19. The van der Waals surface area contributed by atoms with Gasteiger partial charge in [0.15, 0.2) is 0 Å². The Morgan fingerprint density at radius 2 is 1.64 bits per heavy atom. The number of anilines is 1. The van der Waals surface area contributed by atoms with E-state index in [2.05, 4.69) is 0 Å². The van der Waals surface area contributed by atoms with E-state index >= 15 is 0 Å². The minimum absolute atomic E-state index is 0.181. The van der Waals surface area contributed by atoms with Crippen LogP contribution in [-0.4, -0.2) is 15.5 Å². The van der Waals surface area contributed by atoms with E-state index in [-0.39, 0.29) is 4.90 Å². The Hall–Kier alpha value is -2.50.